The molecule has 2 amide bonds. The Balaban J connectivity index is 2.48. The van der Waals surface area contributed by atoms with E-state index in [0.717, 1.165) is 0 Å². The van der Waals surface area contributed by atoms with Gasteiger partial charge in [0.15, 0.2) is 0 Å². The predicted octanol–water partition coefficient (Wildman–Crippen LogP) is 0.0362. The average Bonchev–Trinajstić information content (AvgIpc) is 2.68. The van der Waals surface area contributed by atoms with E-state index in [1.54, 1.807) is 23.9 Å². The normalized spacial score (nSPS) is 10.0. The fourth-order valence-corrected chi connectivity index (χ4v) is 1.32. The lowest BCUT2D eigenvalue weighted by atomic mass is 10.5. The molecule has 0 spiro atoms. The summed E-state index contributed by atoms with van der Waals surface area (Å²) in [6.45, 7) is 2.04. The number of rotatable bonds is 5. The Bertz CT molecular complexity index is 402. The van der Waals surface area contributed by atoms with Gasteiger partial charge in [-0.15, -0.1) is 0 Å². The highest BCUT2D eigenvalue weighted by Crippen LogP contribution is 1.95. The monoisotopic (exact) mass is 240 g/mol. The van der Waals surface area contributed by atoms with E-state index in [4.69, 9.17) is 5.11 Å². The molecule has 0 aliphatic rings. The topological polar surface area (TPSA) is 87.5 Å². The molecule has 0 bridgehead atoms. The number of amides is 2. The number of carboxylic acid groups (broad SMARTS) is 1. The lowest BCUT2D eigenvalue weighted by molar-refractivity contribution is -0.137. The van der Waals surface area contributed by atoms with Crippen LogP contribution in [0.4, 0.5) is 4.79 Å². The standard InChI is InChI=1S/C10H16N4O3/c1-3-14(7-9(15)16)10(17)12-6-8-11-4-5-13(8)2/h4-5H,3,6-7H2,1-2H3,(H,12,17)(H,15,16). The van der Waals surface area contributed by atoms with E-state index in [-0.39, 0.29) is 13.1 Å². The minimum atomic E-state index is -1.03. The van der Waals surface area contributed by atoms with E-state index in [2.05, 4.69) is 10.3 Å². The maximum absolute atomic E-state index is 11.6. The molecule has 0 saturated heterocycles. The fraction of sp³-hybridized carbons (Fsp3) is 0.500. The smallest absolute Gasteiger partial charge is 0.323 e. The highest BCUT2D eigenvalue weighted by Gasteiger charge is 2.14. The summed E-state index contributed by atoms with van der Waals surface area (Å²) in [7, 11) is 1.82. The largest absolute Gasteiger partial charge is 0.480 e. The van der Waals surface area contributed by atoms with E-state index < -0.39 is 12.0 Å². The highest BCUT2D eigenvalue weighted by molar-refractivity contribution is 5.79. The number of aryl methyl sites for hydroxylation is 1. The summed E-state index contributed by atoms with van der Waals surface area (Å²) in [4.78, 5) is 27.4. The van der Waals surface area contributed by atoms with Crippen molar-refractivity contribution in [2.75, 3.05) is 13.1 Å². The molecule has 0 aromatic carbocycles. The zero-order chi connectivity index (χ0) is 12.8. The van der Waals surface area contributed by atoms with E-state index in [0.29, 0.717) is 12.4 Å². The van der Waals surface area contributed by atoms with E-state index in [1.165, 1.54) is 4.90 Å². The van der Waals surface area contributed by atoms with Crippen molar-refractivity contribution in [2.24, 2.45) is 7.05 Å². The van der Waals surface area contributed by atoms with Gasteiger partial charge in [0.1, 0.15) is 12.4 Å². The molecule has 0 saturated carbocycles. The molecule has 0 atom stereocenters. The van der Waals surface area contributed by atoms with Crippen LogP contribution in [-0.2, 0) is 18.4 Å². The second kappa shape index (κ2) is 5.88. The number of nitrogens with zero attached hydrogens (tertiary/aromatic N) is 3. The number of carbonyl (C=O) groups excluding carboxylic acids is 1. The van der Waals surface area contributed by atoms with Crippen LogP contribution in [0.2, 0.25) is 0 Å². The van der Waals surface area contributed by atoms with Gasteiger partial charge in [-0.05, 0) is 6.92 Å². The molecule has 2 N–H and O–H groups in total. The van der Waals surface area contributed by atoms with Crippen LogP contribution in [0.1, 0.15) is 12.7 Å². The number of hydrogen-bond donors (Lipinski definition) is 2. The van der Waals surface area contributed by atoms with Crippen LogP contribution < -0.4 is 5.32 Å². The minimum Gasteiger partial charge on any atom is -0.480 e. The van der Waals surface area contributed by atoms with Crippen molar-refractivity contribution in [3.05, 3.63) is 18.2 Å². The quantitative estimate of drug-likeness (QED) is 0.760. The first-order valence-corrected chi connectivity index (χ1v) is 5.25. The Morgan fingerprint density at radius 3 is 2.76 bits per heavy atom. The van der Waals surface area contributed by atoms with Crippen molar-refractivity contribution in [1.29, 1.82) is 0 Å². The highest BCUT2D eigenvalue weighted by atomic mass is 16.4. The lowest BCUT2D eigenvalue weighted by Crippen LogP contribution is -2.42. The Kier molecular flexibility index (Phi) is 4.50. The van der Waals surface area contributed by atoms with Crippen LogP contribution in [-0.4, -0.2) is 44.6 Å². The molecule has 7 heteroatoms. The summed E-state index contributed by atoms with van der Waals surface area (Å²) in [6, 6.07) is -0.405. The third-order valence-corrected chi connectivity index (χ3v) is 2.31. The number of carboxylic acids is 1. The Labute approximate surface area is 99.1 Å². The van der Waals surface area contributed by atoms with Gasteiger partial charge in [-0.3, -0.25) is 4.79 Å². The molecule has 17 heavy (non-hydrogen) atoms. The lowest BCUT2D eigenvalue weighted by Gasteiger charge is -2.18. The van der Waals surface area contributed by atoms with Crippen LogP contribution >= 0.6 is 0 Å². The van der Waals surface area contributed by atoms with Gasteiger partial charge < -0.3 is 19.9 Å². The Morgan fingerprint density at radius 2 is 2.29 bits per heavy atom. The first-order chi connectivity index (χ1) is 8.04. The average molecular weight is 240 g/mol. The number of imidazole rings is 1. The van der Waals surface area contributed by atoms with E-state index in [1.807, 2.05) is 7.05 Å². The number of hydrogen-bond acceptors (Lipinski definition) is 3. The molecule has 7 nitrogen and oxygen atoms in total. The summed E-state index contributed by atoms with van der Waals surface area (Å²) in [6.07, 6.45) is 3.41. The molecule has 0 unspecified atom stereocenters. The first-order valence-electron chi connectivity index (χ1n) is 5.25. The summed E-state index contributed by atoms with van der Waals surface area (Å²) in [5, 5.41) is 11.2. The number of urea groups is 1. The predicted molar refractivity (Wildman–Crippen MR) is 60.3 cm³/mol. The number of aliphatic carboxylic acids is 1. The van der Waals surface area contributed by atoms with Crippen molar-refractivity contribution in [2.45, 2.75) is 13.5 Å². The summed E-state index contributed by atoms with van der Waals surface area (Å²) in [5.41, 5.74) is 0. The number of carbonyl (C=O) groups is 2. The molecular weight excluding hydrogens is 224 g/mol. The molecule has 0 radical (unpaired) electrons. The number of likely N-dealkylation sites (N-methyl/N-ethyl adjacent to an activating group) is 1. The van der Waals surface area contributed by atoms with Crippen LogP contribution in [0.5, 0.6) is 0 Å². The Morgan fingerprint density at radius 1 is 1.59 bits per heavy atom. The van der Waals surface area contributed by atoms with Crippen molar-refractivity contribution in [1.82, 2.24) is 19.8 Å². The van der Waals surface area contributed by atoms with Crippen molar-refractivity contribution >= 4 is 12.0 Å². The van der Waals surface area contributed by atoms with Crippen LogP contribution in [0, 0.1) is 0 Å². The van der Waals surface area contributed by atoms with Gasteiger partial charge >= 0.3 is 12.0 Å². The van der Waals surface area contributed by atoms with Gasteiger partial charge in [-0.2, -0.15) is 0 Å². The van der Waals surface area contributed by atoms with Gasteiger partial charge in [0.2, 0.25) is 0 Å². The summed E-state index contributed by atoms with van der Waals surface area (Å²) < 4.78 is 1.79. The summed E-state index contributed by atoms with van der Waals surface area (Å²) >= 11 is 0. The molecule has 1 aromatic rings. The second-order valence-electron chi connectivity index (χ2n) is 3.52. The molecule has 1 rings (SSSR count). The summed E-state index contributed by atoms with van der Waals surface area (Å²) in [5.74, 6) is -0.316. The van der Waals surface area contributed by atoms with Crippen molar-refractivity contribution in [3.8, 4) is 0 Å². The van der Waals surface area contributed by atoms with Gasteiger partial charge in [0.25, 0.3) is 0 Å². The third kappa shape index (κ3) is 3.78. The Hall–Kier alpha value is -2.05. The SMILES string of the molecule is CCN(CC(=O)O)C(=O)NCc1nccn1C. The van der Waals surface area contributed by atoms with Gasteiger partial charge in [0, 0.05) is 26.0 Å². The van der Waals surface area contributed by atoms with Crippen LogP contribution in [0.15, 0.2) is 12.4 Å². The van der Waals surface area contributed by atoms with E-state index in [9.17, 15) is 9.59 Å². The molecule has 1 aromatic heterocycles. The van der Waals surface area contributed by atoms with Crippen LogP contribution in [0.25, 0.3) is 0 Å². The first kappa shape index (κ1) is 13.0. The molecule has 94 valence electrons. The third-order valence-electron chi connectivity index (χ3n) is 2.31. The van der Waals surface area contributed by atoms with Gasteiger partial charge in [-0.1, -0.05) is 0 Å². The van der Waals surface area contributed by atoms with Gasteiger partial charge in [-0.25, -0.2) is 9.78 Å². The van der Waals surface area contributed by atoms with E-state index >= 15 is 0 Å². The molecular formula is C10H16N4O3. The number of nitrogens with one attached hydrogen (secondary N) is 1. The molecule has 1 heterocycles. The number of aromatic nitrogens is 2. The van der Waals surface area contributed by atoms with Crippen LogP contribution in [0.3, 0.4) is 0 Å². The van der Waals surface area contributed by atoms with Crippen molar-refractivity contribution in [3.63, 3.8) is 0 Å². The zero-order valence-electron chi connectivity index (χ0n) is 9.88. The second-order valence-corrected chi connectivity index (χ2v) is 3.52. The maximum Gasteiger partial charge on any atom is 0.323 e. The fourth-order valence-electron chi connectivity index (χ4n) is 1.32. The zero-order valence-corrected chi connectivity index (χ0v) is 9.88. The maximum atomic E-state index is 11.6. The molecule has 0 aliphatic heterocycles. The minimum absolute atomic E-state index is 0.276. The van der Waals surface area contributed by atoms with Gasteiger partial charge in [0.05, 0.1) is 6.54 Å². The molecule has 0 fully saturated rings. The molecule has 0 aliphatic carbocycles. The van der Waals surface area contributed by atoms with Crippen molar-refractivity contribution < 1.29 is 14.7 Å².